The fraction of sp³-hybridized carbons (Fsp3) is 0.412. The molecule has 6 nitrogen and oxygen atoms in total. The molecule has 0 aliphatic rings. The van der Waals surface area contributed by atoms with Gasteiger partial charge in [0.2, 0.25) is 11.1 Å². The first-order valence-corrected chi connectivity index (χ1v) is 9.02. The SMILES string of the molecule is CCc1ccc2c(c1)c1nnc(SCC(=O)NC(C)C)nc1n2C. The number of thioether (sulfide) groups is 1. The van der Waals surface area contributed by atoms with Crippen LogP contribution in [-0.4, -0.2) is 37.5 Å². The van der Waals surface area contributed by atoms with Crippen LogP contribution >= 0.6 is 11.8 Å². The number of hydrogen-bond acceptors (Lipinski definition) is 5. The largest absolute Gasteiger partial charge is 0.353 e. The van der Waals surface area contributed by atoms with Crippen LogP contribution in [0.5, 0.6) is 0 Å². The lowest BCUT2D eigenvalue weighted by Crippen LogP contribution is -2.31. The maximum atomic E-state index is 11.8. The normalized spacial score (nSPS) is 11.5. The average molecular weight is 343 g/mol. The van der Waals surface area contributed by atoms with Crippen molar-refractivity contribution in [1.29, 1.82) is 0 Å². The van der Waals surface area contributed by atoms with E-state index in [0.717, 1.165) is 28.5 Å². The fourth-order valence-electron chi connectivity index (χ4n) is 2.67. The van der Waals surface area contributed by atoms with Crippen LogP contribution in [-0.2, 0) is 18.3 Å². The zero-order chi connectivity index (χ0) is 17.3. The molecular formula is C17H21N5OS. The number of benzene rings is 1. The smallest absolute Gasteiger partial charge is 0.230 e. The van der Waals surface area contributed by atoms with E-state index >= 15 is 0 Å². The summed E-state index contributed by atoms with van der Waals surface area (Å²) in [7, 11) is 1.98. The molecule has 2 heterocycles. The Hall–Kier alpha value is -2.15. The molecule has 0 atom stereocenters. The summed E-state index contributed by atoms with van der Waals surface area (Å²) in [6.45, 7) is 6.01. The number of nitrogens with one attached hydrogen (secondary N) is 1. The second-order valence-corrected chi connectivity index (χ2v) is 6.98. The van der Waals surface area contributed by atoms with Gasteiger partial charge in [-0.15, -0.1) is 10.2 Å². The van der Waals surface area contributed by atoms with Crippen molar-refractivity contribution in [3.63, 3.8) is 0 Å². The van der Waals surface area contributed by atoms with E-state index in [1.807, 2.05) is 25.5 Å². The van der Waals surface area contributed by atoms with Gasteiger partial charge in [0.15, 0.2) is 5.65 Å². The molecule has 2 aromatic heterocycles. The lowest BCUT2D eigenvalue weighted by molar-refractivity contribution is -0.119. The van der Waals surface area contributed by atoms with E-state index in [4.69, 9.17) is 0 Å². The average Bonchev–Trinajstić information content (AvgIpc) is 2.84. The number of carbonyl (C=O) groups is 1. The van der Waals surface area contributed by atoms with Crippen LogP contribution in [0.4, 0.5) is 0 Å². The summed E-state index contributed by atoms with van der Waals surface area (Å²) in [5.74, 6) is 0.262. The molecule has 0 fully saturated rings. The summed E-state index contributed by atoms with van der Waals surface area (Å²) in [5.41, 5.74) is 3.95. The fourth-order valence-corrected chi connectivity index (χ4v) is 3.26. The molecule has 7 heteroatoms. The molecule has 0 aliphatic heterocycles. The number of carbonyl (C=O) groups excluding carboxylic acids is 1. The summed E-state index contributed by atoms with van der Waals surface area (Å²) in [4.78, 5) is 16.3. The van der Waals surface area contributed by atoms with Crippen molar-refractivity contribution in [2.45, 2.75) is 38.4 Å². The van der Waals surface area contributed by atoms with Gasteiger partial charge in [0, 0.05) is 18.5 Å². The van der Waals surface area contributed by atoms with Crippen molar-refractivity contribution in [3.8, 4) is 0 Å². The lowest BCUT2D eigenvalue weighted by atomic mass is 10.1. The molecule has 3 rings (SSSR count). The third-order valence-corrected chi connectivity index (χ3v) is 4.67. The Morgan fingerprint density at radius 2 is 2.12 bits per heavy atom. The molecule has 0 bridgehead atoms. The molecule has 3 aromatic rings. The van der Waals surface area contributed by atoms with Gasteiger partial charge in [0.25, 0.3) is 0 Å². The van der Waals surface area contributed by atoms with Crippen LogP contribution in [0.1, 0.15) is 26.3 Å². The van der Waals surface area contributed by atoms with Gasteiger partial charge >= 0.3 is 0 Å². The van der Waals surface area contributed by atoms with Gasteiger partial charge in [-0.25, -0.2) is 4.98 Å². The number of nitrogens with zero attached hydrogens (tertiary/aromatic N) is 4. The first-order valence-electron chi connectivity index (χ1n) is 8.03. The minimum atomic E-state index is -0.0247. The van der Waals surface area contributed by atoms with Crippen molar-refractivity contribution in [3.05, 3.63) is 23.8 Å². The van der Waals surface area contributed by atoms with Crippen LogP contribution in [0.25, 0.3) is 22.1 Å². The maximum absolute atomic E-state index is 11.8. The van der Waals surface area contributed by atoms with Crippen LogP contribution in [0, 0.1) is 0 Å². The van der Waals surface area contributed by atoms with Crippen molar-refractivity contribution in [2.75, 3.05) is 5.75 Å². The van der Waals surface area contributed by atoms with Crippen LogP contribution < -0.4 is 5.32 Å². The van der Waals surface area contributed by atoms with Crippen LogP contribution in [0.3, 0.4) is 0 Å². The van der Waals surface area contributed by atoms with Gasteiger partial charge < -0.3 is 9.88 Å². The Bertz CT molecular complexity index is 903. The van der Waals surface area contributed by atoms with Crippen molar-refractivity contribution in [1.82, 2.24) is 25.1 Å². The predicted molar refractivity (Wildman–Crippen MR) is 97.2 cm³/mol. The third kappa shape index (κ3) is 3.21. The number of hydrogen-bond donors (Lipinski definition) is 1. The minimum Gasteiger partial charge on any atom is -0.353 e. The van der Waals surface area contributed by atoms with E-state index < -0.39 is 0 Å². The second kappa shape index (κ2) is 6.76. The molecular weight excluding hydrogens is 322 g/mol. The molecule has 0 unspecified atom stereocenters. The summed E-state index contributed by atoms with van der Waals surface area (Å²) >= 11 is 1.30. The van der Waals surface area contributed by atoms with Crippen molar-refractivity contribution in [2.24, 2.45) is 7.05 Å². The van der Waals surface area contributed by atoms with Gasteiger partial charge in [0.1, 0.15) is 5.52 Å². The quantitative estimate of drug-likeness (QED) is 0.721. The molecule has 1 aromatic carbocycles. The second-order valence-electron chi connectivity index (χ2n) is 6.04. The summed E-state index contributed by atoms with van der Waals surface area (Å²) in [6.07, 6.45) is 0.978. The lowest BCUT2D eigenvalue weighted by Gasteiger charge is -2.07. The van der Waals surface area contributed by atoms with E-state index in [-0.39, 0.29) is 17.7 Å². The standard InChI is InChI=1S/C17H21N5OS/c1-5-11-6-7-13-12(8-11)15-16(22(13)4)19-17(21-20-15)24-9-14(23)18-10(2)3/h6-8,10H,5,9H2,1-4H3,(H,18,23). The third-order valence-electron chi connectivity index (χ3n) is 3.83. The summed E-state index contributed by atoms with van der Waals surface area (Å²) in [6, 6.07) is 6.50. The van der Waals surface area contributed by atoms with Gasteiger partial charge in [-0.3, -0.25) is 4.79 Å². The zero-order valence-corrected chi connectivity index (χ0v) is 15.1. The molecule has 126 valence electrons. The van der Waals surface area contributed by atoms with Gasteiger partial charge in [-0.05, 0) is 38.0 Å². The molecule has 0 radical (unpaired) electrons. The van der Waals surface area contributed by atoms with E-state index in [2.05, 4.69) is 45.6 Å². The van der Waals surface area contributed by atoms with E-state index in [0.29, 0.717) is 5.16 Å². The van der Waals surface area contributed by atoms with Crippen molar-refractivity contribution < 1.29 is 4.79 Å². The Labute approximate surface area is 145 Å². The topological polar surface area (TPSA) is 72.7 Å². The molecule has 24 heavy (non-hydrogen) atoms. The van der Waals surface area contributed by atoms with Crippen LogP contribution in [0.15, 0.2) is 23.4 Å². The van der Waals surface area contributed by atoms with Gasteiger partial charge in [-0.2, -0.15) is 0 Å². The monoisotopic (exact) mass is 343 g/mol. The summed E-state index contributed by atoms with van der Waals surface area (Å²) in [5, 5.41) is 13.0. The first-order chi connectivity index (χ1) is 11.5. The zero-order valence-electron chi connectivity index (χ0n) is 14.3. The first kappa shape index (κ1) is 16.7. The van der Waals surface area contributed by atoms with Gasteiger partial charge in [0.05, 0.1) is 11.3 Å². The molecule has 0 aliphatic carbocycles. The number of aryl methyl sites for hydroxylation is 2. The number of rotatable bonds is 5. The highest BCUT2D eigenvalue weighted by atomic mass is 32.2. The van der Waals surface area contributed by atoms with Crippen LogP contribution in [0.2, 0.25) is 0 Å². The molecule has 1 N–H and O–H groups in total. The summed E-state index contributed by atoms with van der Waals surface area (Å²) < 4.78 is 2.02. The Morgan fingerprint density at radius 3 is 2.83 bits per heavy atom. The molecule has 0 spiro atoms. The van der Waals surface area contributed by atoms with E-state index in [9.17, 15) is 4.79 Å². The maximum Gasteiger partial charge on any atom is 0.230 e. The predicted octanol–water partition coefficient (Wildman–Crippen LogP) is 2.70. The van der Waals surface area contributed by atoms with E-state index in [1.54, 1.807) is 0 Å². The Morgan fingerprint density at radius 1 is 1.33 bits per heavy atom. The molecule has 0 saturated heterocycles. The Kier molecular flexibility index (Phi) is 4.71. The van der Waals surface area contributed by atoms with Gasteiger partial charge in [-0.1, -0.05) is 24.8 Å². The minimum absolute atomic E-state index is 0.0247. The molecule has 1 amide bonds. The van der Waals surface area contributed by atoms with Crippen molar-refractivity contribution >= 4 is 39.7 Å². The number of amides is 1. The highest BCUT2D eigenvalue weighted by Crippen LogP contribution is 2.27. The number of fused-ring (bicyclic) bond motifs is 3. The Balaban J connectivity index is 1.92. The highest BCUT2D eigenvalue weighted by Gasteiger charge is 2.14. The van der Waals surface area contributed by atoms with E-state index in [1.165, 1.54) is 17.3 Å². The molecule has 0 saturated carbocycles. The highest BCUT2D eigenvalue weighted by molar-refractivity contribution is 7.99. The number of aromatic nitrogens is 4.